The molecule has 0 radical (unpaired) electrons. The Morgan fingerprint density at radius 3 is 2.50 bits per heavy atom. The van der Waals surface area contributed by atoms with Gasteiger partial charge >= 0.3 is 11.9 Å². The second-order valence-corrected chi connectivity index (χ2v) is 4.65. The van der Waals surface area contributed by atoms with Crippen molar-refractivity contribution in [1.29, 1.82) is 0 Å². The van der Waals surface area contributed by atoms with E-state index in [1.54, 1.807) is 6.07 Å². The van der Waals surface area contributed by atoms with Crippen LogP contribution in [0.15, 0.2) is 16.5 Å². The number of hydrogen-bond acceptors (Lipinski definition) is 5. The van der Waals surface area contributed by atoms with Gasteiger partial charge in [-0.25, -0.2) is 4.79 Å². The van der Waals surface area contributed by atoms with Crippen LogP contribution in [0, 0.1) is 5.41 Å². The third kappa shape index (κ3) is 3.60. The van der Waals surface area contributed by atoms with E-state index < -0.39 is 17.4 Å². The topological polar surface area (TPSA) is 88.8 Å². The van der Waals surface area contributed by atoms with E-state index in [1.165, 1.54) is 13.2 Å². The number of methoxy groups -OCH3 is 1. The van der Waals surface area contributed by atoms with Gasteiger partial charge in [-0.1, -0.05) is 13.8 Å². The highest BCUT2D eigenvalue weighted by molar-refractivity contribution is 5.86. The number of aliphatic carboxylic acids is 1. The average molecular weight is 283 g/mol. The molecule has 0 saturated heterocycles. The number of rotatable bonds is 8. The highest BCUT2D eigenvalue weighted by Crippen LogP contribution is 2.25. The van der Waals surface area contributed by atoms with Crippen molar-refractivity contribution < 1.29 is 23.8 Å². The maximum absolute atomic E-state index is 11.3. The molecule has 0 aliphatic carbocycles. The molecule has 1 aromatic heterocycles. The molecule has 0 aromatic carbocycles. The first-order chi connectivity index (χ1) is 9.49. The van der Waals surface area contributed by atoms with Crippen molar-refractivity contribution >= 4 is 11.9 Å². The first kappa shape index (κ1) is 16.2. The van der Waals surface area contributed by atoms with Gasteiger partial charge in [0.1, 0.15) is 5.76 Å². The summed E-state index contributed by atoms with van der Waals surface area (Å²) in [6.07, 6.45) is 1.11. The molecule has 0 atom stereocenters. The fraction of sp³-hybridized carbons (Fsp3) is 0.571. The lowest BCUT2D eigenvalue weighted by Gasteiger charge is -2.26. The van der Waals surface area contributed by atoms with Crippen molar-refractivity contribution in [3.63, 3.8) is 0 Å². The van der Waals surface area contributed by atoms with E-state index in [0.29, 0.717) is 31.7 Å². The summed E-state index contributed by atoms with van der Waals surface area (Å²) in [4.78, 5) is 22.6. The summed E-state index contributed by atoms with van der Waals surface area (Å²) in [5.74, 6) is -0.625. The Hall–Kier alpha value is -1.82. The summed E-state index contributed by atoms with van der Waals surface area (Å²) in [7, 11) is 1.28. The molecule has 1 aromatic rings. The summed E-state index contributed by atoms with van der Waals surface area (Å²) in [5, 5.41) is 12.4. The summed E-state index contributed by atoms with van der Waals surface area (Å²) in [6.45, 7) is 4.44. The number of carboxylic acid groups (broad SMARTS) is 1. The van der Waals surface area contributed by atoms with Crippen LogP contribution < -0.4 is 5.32 Å². The lowest BCUT2D eigenvalue weighted by Crippen LogP contribution is -2.39. The zero-order valence-corrected chi connectivity index (χ0v) is 12.1. The third-order valence-electron chi connectivity index (χ3n) is 3.62. The van der Waals surface area contributed by atoms with Crippen LogP contribution >= 0.6 is 0 Å². The second-order valence-electron chi connectivity index (χ2n) is 4.65. The van der Waals surface area contributed by atoms with Gasteiger partial charge in [-0.05, 0) is 25.0 Å². The Kier molecular flexibility index (Phi) is 5.76. The standard InChI is InChI=1S/C14H21NO5/c1-4-14(5-2,13(17)18)9-15-8-10-6-7-11(20-10)12(16)19-3/h6-7,15H,4-5,8-9H2,1-3H3,(H,17,18). The van der Waals surface area contributed by atoms with Gasteiger partial charge in [-0.3, -0.25) is 4.79 Å². The number of furan rings is 1. The van der Waals surface area contributed by atoms with Crippen LogP contribution in [0.4, 0.5) is 0 Å². The van der Waals surface area contributed by atoms with Crippen molar-refractivity contribution in [2.24, 2.45) is 5.41 Å². The van der Waals surface area contributed by atoms with Crippen LogP contribution in [-0.4, -0.2) is 30.7 Å². The number of hydrogen-bond donors (Lipinski definition) is 2. The second kappa shape index (κ2) is 7.09. The molecule has 2 N–H and O–H groups in total. The maximum Gasteiger partial charge on any atom is 0.373 e. The van der Waals surface area contributed by atoms with Gasteiger partial charge in [0.15, 0.2) is 0 Å². The fourth-order valence-electron chi connectivity index (χ4n) is 1.99. The number of carbonyl (C=O) groups is 2. The summed E-state index contributed by atoms with van der Waals surface area (Å²) in [5.41, 5.74) is -0.766. The fourth-order valence-corrected chi connectivity index (χ4v) is 1.99. The van der Waals surface area contributed by atoms with E-state index >= 15 is 0 Å². The van der Waals surface area contributed by atoms with Gasteiger partial charge in [0.25, 0.3) is 0 Å². The van der Waals surface area contributed by atoms with Crippen LogP contribution in [0.2, 0.25) is 0 Å². The molecule has 0 aliphatic rings. The first-order valence-corrected chi connectivity index (χ1v) is 6.60. The van der Waals surface area contributed by atoms with Gasteiger partial charge < -0.3 is 19.6 Å². The Balaban J connectivity index is 2.57. The lowest BCUT2D eigenvalue weighted by atomic mass is 9.82. The Labute approximate surface area is 118 Å². The molecule has 112 valence electrons. The number of ether oxygens (including phenoxy) is 1. The van der Waals surface area contributed by atoms with E-state index in [1.807, 2.05) is 13.8 Å². The SMILES string of the molecule is CCC(CC)(CNCc1ccc(C(=O)OC)o1)C(=O)O. The summed E-state index contributed by atoms with van der Waals surface area (Å²) < 4.78 is 9.84. The van der Waals surface area contributed by atoms with Crippen molar-refractivity contribution in [3.8, 4) is 0 Å². The molecule has 0 bridgehead atoms. The van der Waals surface area contributed by atoms with E-state index in [0.717, 1.165) is 0 Å². The molecule has 6 nitrogen and oxygen atoms in total. The Bertz CT molecular complexity index is 462. The van der Waals surface area contributed by atoms with E-state index in [-0.39, 0.29) is 5.76 Å². The lowest BCUT2D eigenvalue weighted by molar-refractivity contribution is -0.149. The Morgan fingerprint density at radius 1 is 1.35 bits per heavy atom. The molecule has 20 heavy (non-hydrogen) atoms. The molecule has 0 spiro atoms. The molecule has 1 heterocycles. The molecule has 0 unspecified atom stereocenters. The van der Waals surface area contributed by atoms with E-state index in [9.17, 15) is 14.7 Å². The van der Waals surface area contributed by atoms with Crippen LogP contribution in [0.1, 0.15) is 43.0 Å². The van der Waals surface area contributed by atoms with Crippen molar-refractivity contribution in [2.75, 3.05) is 13.7 Å². The van der Waals surface area contributed by atoms with E-state index in [2.05, 4.69) is 10.1 Å². The largest absolute Gasteiger partial charge is 0.481 e. The quantitative estimate of drug-likeness (QED) is 0.710. The first-order valence-electron chi connectivity index (χ1n) is 6.60. The molecular formula is C14H21NO5. The van der Waals surface area contributed by atoms with Gasteiger partial charge in [0, 0.05) is 6.54 Å². The number of esters is 1. The summed E-state index contributed by atoms with van der Waals surface area (Å²) >= 11 is 0. The molecular weight excluding hydrogens is 262 g/mol. The number of nitrogens with one attached hydrogen (secondary N) is 1. The van der Waals surface area contributed by atoms with Gasteiger partial charge in [-0.15, -0.1) is 0 Å². The molecule has 1 rings (SSSR count). The van der Waals surface area contributed by atoms with E-state index in [4.69, 9.17) is 4.42 Å². The van der Waals surface area contributed by atoms with Gasteiger partial charge in [0.05, 0.1) is 19.1 Å². The molecule has 6 heteroatoms. The van der Waals surface area contributed by atoms with Crippen LogP contribution in [0.25, 0.3) is 0 Å². The highest BCUT2D eigenvalue weighted by Gasteiger charge is 2.34. The smallest absolute Gasteiger partial charge is 0.373 e. The van der Waals surface area contributed by atoms with Gasteiger partial charge in [-0.2, -0.15) is 0 Å². The monoisotopic (exact) mass is 283 g/mol. The third-order valence-corrected chi connectivity index (χ3v) is 3.62. The van der Waals surface area contributed by atoms with Crippen LogP contribution in [0.3, 0.4) is 0 Å². The minimum absolute atomic E-state index is 0.139. The average Bonchev–Trinajstić information content (AvgIpc) is 2.91. The van der Waals surface area contributed by atoms with Crippen molar-refractivity contribution in [2.45, 2.75) is 33.2 Å². The van der Waals surface area contributed by atoms with Gasteiger partial charge in [0.2, 0.25) is 5.76 Å². The Morgan fingerprint density at radius 2 is 2.00 bits per heavy atom. The van der Waals surface area contributed by atoms with Crippen molar-refractivity contribution in [3.05, 3.63) is 23.7 Å². The number of carboxylic acids is 1. The summed E-state index contributed by atoms with van der Waals surface area (Å²) in [6, 6.07) is 3.20. The number of carbonyl (C=O) groups excluding carboxylic acids is 1. The molecule has 0 aliphatic heterocycles. The minimum atomic E-state index is -0.801. The predicted molar refractivity (Wildman–Crippen MR) is 72.4 cm³/mol. The molecule has 0 fully saturated rings. The van der Waals surface area contributed by atoms with Crippen LogP contribution in [-0.2, 0) is 16.1 Å². The molecule has 0 saturated carbocycles. The minimum Gasteiger partial charge on any atom is -0.481 e. The predicted octanol–water partition coefficient (Wildman–Crippen LogP) is 2.05. The van der Waals surface area contributed by atoms with Crippen LogP contribution in [0.5, 0.6) is 0 Å². The highest BCUT2D eigenvalue weighted by atomic mass is 16.5. The van der Waals surface area contributed by atoms with Crippen molar-refractivity contribution in [1.82, 2.24) is 5.32 Å². The maximum atomic E-state index is 11.3. The normalized spacial score (nSPS) is 11.3. The zero-order valence-electron chi connectivity index (χ0n) is 12.1. The molecule has 0 amide bonds. The zero-order chi connectivity index (χ0) is 15.2.